The van der Waals surface area contributed by atoms with Crippen LogP contribution in [0.15, 0.2) is 42.5 Å². The molecule has 2 amide bonds. The van der Waals surface area contributed by atoms with Gasteiger partial charge in [0.25, 0.3) is 5.91 Å². The van der Waals surface area contributed by atoms with Crippen LogP contribution in [0.5, 0.6) is 5.75 Å². The molecule has 0 bridgehead atoms. The van der Waals surface area contributed by atoms with E-state index in [1.54, 1.807) is 24.1 Å². The van der Waals surface area contributed by atoms with Gasteiger partial charge in [-0.2, -0.15) is 0 Å². The lowest BCUT2D eigenvalue weighted by Gasteiger charge is -2.31. The van der Waals surface area contributed by atoms with Gasteiger partial charge in [-0.15, -0.1) is 0 Å². The van der Waals surface area contributed by atoms with E-state index in [0.717, 1.165) is 11.1 Å². The number of nitrogens with one attached hydrogen (secondary N) is 1. The number of imidazole rings is 1. The number of hydrogen-bond donors (Lipinski definition) is 1. The summed E-state index contributed by atoms with van der Waals surface area (Å²) in [7, 11) is 3.51. The van der Waals surface area contributed by atoms with Gasteiger partial charge in [0.1, 0.15) is 17.4 Å². The van der Waals surface area contributed by atoms with E-state index in [9.17, 15) is 14.0 Å². The number of likely N-dealkylation sites (tertiary alicyclic amines) is 1. The highest BCUT2D eigenvalue weighted by Crippen LogP contribution is 2.27. The summed E-state index contributed by atoms with van der Waals surface area (Å²) >= 11 is 0. The van der Waals surface area contributed by atoms with E-state index in [1.165, 1.54) is 12.1 Å². The summed E-state index contributed by atoms with van der Waals surface area (Å²) in [4.78, 5) is 30.5. The molecule has 1 saturated heterocycles. The van der Waals surface area contributed by atoms with E-state index in [4.69, 9.17) is 4.74 Å². The first-order valence-electron chi connectivity index (χ1n) is 10.3. The quantitative estimate of drug-likeness (QED) is 0.683. The predicted molar refractivity (Wildman–Crippen MR) is 115 cm³/mol. The fourth-order valence-corrected chi connectivity index (χ4v) is 3.99. The van der Waals surface area contributed by atoms with Gasteiger partial charge in [0, 0.05) is 44.7 Å². The second kappa shape index (κ2) is 8.75. The number of ether oxygens (including phenoxy) is 1. The minimum Gasteiger partial charge on any atom is -0.484 e. The second-order valence-electron chi connectivity index (χ2n) is 7.71. The number of aryl methyl sites for hydroxylation is 1. The molecule has 2 heterocycles. The van der Waals surface area contributed by atoms with Crippen LogP contribution in [0.4, 0.5) is 4.39 Å². The molecule has 0 saturated carbocycles. The van der Waals surface area contributed by atoms with Gasteiger partial charge in [-0.05, 0) is 37.1 Å². The SMILES string of the molecule is CNC(=O)C1CCN(C(=O)COc2cccc(-c3nc4cc(F)ccc4n3C)c2)CC1. The lowest BCUT2D eigenvalue weighted by Crippen LogP contribution is -2.44. The van der Waals surface area contributed by atoms with E-state index in [0.29, 0.717) is 43.0 Å². The normalized spacial score (nSPS) is 14.6. The number of amides is 2. The van der Waals surface area contributed by atoms with Crippen molar-refractivity contribution in [1.82, 2.24) is 19.8 Å². The molecule has 31 heavy (non-hydrogen) atoms. The molecular formula is C23H25FN4O3. The molecule has 162 valence electrons. The standard InChI is InChI=1S/C23H25FN4O3/c1-25-23(30)15-8-10-28(11-9-15)21(29)14-31-18-5-3-4-16(12-18)22-26-19-13-17(24)6-7-20(19)27(22)2/h3-7,12-13,15H,8-11,14H2,1-2H3,(H,25,30). The largest absolute Gasteiger partial charge is 0.484 e. The van der Waals surface area contributed by atoms with Crippen molar-refractivity contribution in [3.05, 3.63) is 48.3 Å². The van der Waals surface area contributed by atoms with Crippen molar-refractivity contribution >= 4 is 22.8 Å². The van der Waals surface area contributed by atoms with Gasteiger partial charge >= 0.3 is 0 Å². The van der Waals surface area contributed by atoms with Crippen molar-refractivity contribution in [2.24, 2.45) is 13.0 Å². The number of aromatic nitrogens is 2. The molecule has 1 aliphatic rings. The van der Waals surface area contributed by atoms with E-state index in [1.807, 2.05) is 29.8 Å². The number of carbonyl (C=O) groups is 2. The molecule has 2 aromatic carbocycles. The number of fused-ring (bicyclic) bond motifs is 1. The summed E-state index contributed by atoms with van der Waals surface area (Å²) in [5.41, 5.74) is 2.23. The molecule has 1 fully saturated rings. The fourth-order valence-electron chi connectivity index (χ4n) is 3.99. The Morgan fingerprint density at radius 1 is 1.19 bits per heavy atom. The number of benzene rings is 2. The third kappa shape index (κ3) is 4.38. The Morgan fingerprint density at radius 2 is 1.97 bits per heavy atom. The van der Waals surface area contributed by atoms with Crippen LogP contribution in [0.2, 0.25) is 0 Å². The highest BCUT2D eigenvalue weighted by Gasteiger charge is 2.26. The first kappa shape index (κ1) is 20.8. The van der Waals surface area contributed by atoms with Crippen LogP contribution in [-0.2, 0) is 16.6 Å². The van der Waals surface area contributed by atoms with Gasteiger partial charge in [0.05, 0.1) is 11.0 Å². The average Bonchev–Trinajstić information content (AvgIpc) is 3.12. The van der Waals surface area contributed by atoms with Crippen molar-refractivity contribution in [2.45, 2.75) is 12.8 Å². The van der Waals surface area contributed by atoms with Crippen LogP contribution in [-0.4, -0.2) is 53.0 Å². The maximum atomic E-state index is 13.5. The summed E-state index contributed by atoms with van der Waals surface area (Å²) in [5, 5.41) is 2.67. The molecule has 0 radical (unpaired) electrons. The van der Waals surface area contributed by atoms with Crippen molar-refractivity contribution in [2.75, 3.05) is 26.7 Å². The zero-order valence-electron chi connectivity index (χ0n) is 17.6. The minimum atomic E-state index is -0.327. The fraction of sp³-hybridized carbons (Fsp3) is 0.348. The van der Waals surface area contributed by atoms with Crippen LogP contribution in [0, 0.1) is 11.7 Å². The highest BCUT2D eigenvalue weighted by atomic mass is 19.1. The van der Waals surface area contributed by atoms with E-state index < -0.39 is 0 Å². The second-order valence-corrected chi connectivity index (χ2v) is 7.71. The number of carbonyl (C=O) groups excluding carboxylic acids is 2. The Kier molecular flexibility index (Phi) is 5.88. The van der Waals surface area contributed by atoms with Crippen molar-refractivity contribution in [3.8, 4) is 17.1 Å². The zero-order valence-corrected chi connectivity index (χ0v) is 17.6. The molecule has 1 aliphatic heterocycles. The summed E-state index contributed by atoms with van der Waals surface area (Å²) in [6.07, 6.45) is 1.32. The first-order chi connectivity index (χ1) is 15.0. The molecule has 0 unspecified atom stereocenters. The van der Waals surface area contributed by atoms with Crippen LogP contribution in [0.3, 0.4) is 0 Å². The topological polar surface area (TPSA) is 76.5 Å². The van der Waals surface area contributed by atoms with Crippen LogP contribution in [0.25, 0.3) is 22.4 Å². The first-order valence-corrected chi connectivity index (χ1v) is 10.3. The number of halogens is 1. The van der Waals surface area contributed by atoms with Gasteiger partial charge < -0.3 is 19.5 Å². The Labute approximate surface area is 179 Å². The molecule has 8 heteroatoms. The molecule has 7 nitrogen and oxygen atoms in total. The van der Waals surface area contributed by atoms with E-state index >= 15 is 0 Å². The summed E-state index contributed by atoms with van der Waals surface area (Å²) < 4.78 is 21.2. The third-order valence-corrected chi connectivity index (χ3v) is 5.76. The lowest BCUT2D eigenvalue weighted by molar-refractivity contribution is -0.137. The molecule has 0 atom stereocenters. The Balaban J connectivity index is 1.41. The number of nitrogens with zero attached hydrogens (tertiary/aromatic N) is 3. The van der Waals surface area contributed by atoms with E-state index in [2.05, 4.69) is 10.3 Å². The van der Waals surface area contributed by atoms with Gasteiger partial charge in [-0.3, -0.25) is 9.59 Å². The van der Waals surface area contributed by atoms with Crippen LogP contribution < -0.4 is 10.1 Å². The Bertz CT molecular complexity index is 1120. The van der Waals surface area contributed by atoms with Gasteiger partial charge in [0.2, 0.25) is 5.91 Å². The predicted octanol–water partition coefficient (Wildman–Crippen LogP) is 2.74. The highest BCUT2D eigenvalue weighted by molar-refractivity contribution is 5.81. The molecule has 0 spiro atoms. The number of piperidine rings is 1. The maximum Gasteiger partial charge on any atom is 0.260 e. The number of hydrogen-bond acceptors (Lipinski definition) is 4. The lowest BCUT2D eigenvalue weighted by atomic mass is 9.96. The van der Waals surface area contributed by atoms with Crippen LogP contribution >= 0.6 is 0 Å². The monoisotopic (exact) mass is 424 g/mol. The van der Waals surface area contributed by atoms with Gasteiger partial charge in [0.15, 0.2) is 6.61 Å². The zero-order chi connectivity index (χ0) is 22.0. The third-order valence-electron chi connectivity index (χ3n) is 5.76. The number of rotatable bonds is 5. The van der Waals surface area contributed by atoms with Crippen molar-refractivity contribution < 1.29 is 18.7 Å². The smallest absolute Gasteiger partial charge is 0.260 e. The Hall–Kier alpha value is -3.42. The summed E-state index contributed by atoms with van der Waals surface area (Å²) in [5.74, 6) is 0.822. The maximum absolute atomic E-state index is 13.5. The van der Waals surface area contributed by atoms with Crippen LogP contribution in [0.1, 0.15) is 12.8 Å². The van der Waals surface area contributed by atoms with Gasteiger partial charge in [-0.1, -0.05) is 12.1 Å². The Morgan fingerprint density at radius 3 is 2.71 bits per heavy atom. The molecule has 1 aromatic heterocycles. The molecule has 4 rings (SSSR count). The minimum absolute atomic E-state index is 0.0323. The van der Waals surface area contributed by atoms with Crippen molar-refractivity contribution in [3.63, 3.8) is 0 Å². The molecule has 1 N–H and O–H groups in total. The molecule has 0 aliphatic carbocycles. The molecule has 3 aromatic rings. The molecular weight excluding hydrogens is 399 g/mol. The average molecular weight is 424 g/mol. The summed E-state index contributed by atoms with van der Waals surface area (Å²) in [6, 6.07) is 11.9. The summed E-state index contributed by atoms with van der Waals surface area (Å²) in [6.45, 7) is 1.04. The van der Waals surface area contributed by atoms with E-state index in [-0.39, 0.29) is 30.2 Å². The van der Waals surface area contributed by atoms with Gasteiger partial charge in [-0.25, -0.2) is 9.37 Å². The van der Waals surface area contributed by atoms with Crippen molar-refractivity contribution in [1.29, 1.82) is 0 Å².